The van der Waals surface area contributed by atoms with Gasteiger partial charge in [0.1, 0.15) is 52.2 Å². The van der Waals surface area contributed by atoms with Gasteiger partial charge in [0.25, 0.3) is 34.4 Å². The maximum Gasteiger partial charge on any atom is 0.274 e. The van der Waals surface area contributed by atoms with Crippen LogP contribution in [-0.4, -0.2) is 186 Å². The van der Waals surface area contributed by atoms with Crippen LogP contribution in [0.25, 0.3) is 32.7 Å². The van der Waals surface area contributed by atoms with Gasteiger partial charge in [-0.05, 0) is 120 Å². The van der Waals surface area contributed by atoms with Crippen molar-refractivity contribution in [3.05, 3.63) is 215 Å². The highest BCUT2D eigenvalue weighted by Gasteiger charge is 2.31. The lowest BCUT2D eigenvalue weighted by atomic mass is 10.0. The summed E-state index contributed by atoms with van der Waals surface area (Å²) in [7, 11) is 9.42. The summed E-state index contributed by atoms with van der Waals surface area (Å²) in [4.78, 5) is 101. The van der Waals surface area contributed by atoms with Crippen molar-refractivity contribution in [3.63, 3.8) is 0 Å². The molecule has 22 nitrogen and oxygen atoms in total. The molecule has 492 valence electrons. The number of aryl methyl sites for hydroxylation is 2. The number of hydrogen-bond acceptors (Lipinski definition) is 16. The molecule has 0 bridgehead atoms. The molecule has 3 fully saturated rings. The molecule has 4 aromatic heterocycles. The molecule has 0 aliphatic carbocycles. The third-order valence-corrected chi connectivity index (χ3v) is 17.6. The summed E-state index contributed by atoms with van der Waals surface area (Å²) >= 11 is 6.31. The van der Waals surface area contributed by atoms with Crippen LogP contribution in [0.15, 0.2) is 142 Å². The van der Waals surface area contributed by atoms with Crippen LogP contribution in [0.3, 0.4) is 0 Å². The molecule has 3 aliphatic rings. The van der Waals surface area contributed by atoms with Crippen LogP contribution in [0.2, 0.25) is 5.02 Å². The second-order valence-corrected chi connectivity index (χ2v) is 24.5. The fraction of sp³-hybridized carbons (Fsp3) is 0.310. The van der Waals surface area contributed by atoms with Crippen molar-refractivity contribution in [2.24, 2.45) is 7.05 Å². The fourth-order valence-corrected chi connectivity index (χ4v) is 12.5. The maximum atomic E-state index is 13.4. The van der Waals surface area contributed by atoms with Gasteiger partial charge in [-0.1, -0.05) is 41.4 Å². The van der Waals surface area contributed by atoms with Gasteiger partial charge in [0.2, 0.25) is 0 Å². The van der Waals surface area contributed by atoms with Gasteiger partial charge in [-0.25, -0.2) is 13.8 Å². The number of pyridine rings is 3. The molecule has 5 aromatic carbocycles. The molecule has 9 aromatic rings. The Kier molecular flexibility index (Phi) is 21.3. The van der Waals surface area contributed by atoms with Crippen molar-refractivity contribution >= 4 is 79.1 Å². The predicted molar refractivity (Wildman–Crippen MR) is 366 cm³/mol. The average Bonchev–Trinajstić information content (AvgIpc) is 0.765. The van der Waals surface area contributed by atoms with Gasteiger partial charge in [-0.15, -0.1) is 0 Å². The molecule has 96 heavy (non-hydrogen) atoms. The Labute approximate surface area is 558 Å². The number of carbonyl (C=O) groups is 3. The van der Waals surface area contributed by atoms with E-state index in [2.05, 4.69) is 28.2 Å². The standard InChI is InChI=1S/C26H28FN5O2.C25H25ClFN5O2.C20H18N6O2/c1-18-4-9-23-21(16-18)24(22(17-28)26(34)32(23)15-10-29(2)3)30-11-13-31(14-12-30)25(33)19-5-7-20(27)8-6-19;1-29(2)9-14-32-22-8-5-18(26)15-20(22)23(21(16-28)25(32)34)30-10-12-31(13-11-30)24(33)17-3-6-19(27)7-4-17;1-24-17-5-3-2-4-14(17)18(15(12-21)19(24)27)25-8-10-26(11-9-25)20(28)16-13-22-6-7-23-16/h4-9,16H,10-15H2,1-3H3;3-8,15H,9-14H2,1-2H3;2-7,13H,8-11H2,1H3. The number of hydrogen-bond donors (Lipinski definition) is 0. The molecule has 25 heteroatoms. The minimum Gasteiger partial charge on any atom is -0.366 e. The van der Waals surface area contributed by atoms with Crippen molar-refractivity contribution in [1.29, 1.82) is 15.8 Å². The molecule has 0 N–H and O–H groups in total. The first kappa shape index (κ1) is 68.0. The molecular weight excluding hydrogens is 1250 g/mol. The quantitative estimate of drug-likeness (QED) is 0.117. The molecule has 0 atom stereocenters. The molecule has 0 unspecified atom stereocenters. The first-order valence-electron chi connectivity index (χ1n) is 31.3. The molecule has 12 rings (SSSR count). The zero-order valence-corrected chi connectivity index (χ0v) is 54.9. The minimum atomic E-state index is -0.392. The van der Waals surface area contributed by atoms with E-state index in [1.54, 1.807) is 43.0 Å². The highest BCUT2D eigenvalue weighted by molar-refractivity contribution is 6.31. The Morgan fingerprint density at radius 3 is 1.36 bits per heavy atom. The van der Waals surface area contributed by atoms with Crippen LogP contribution in [0, 0.1) is 52.6 Å². The van der Waals surface area contributed by atoms with Crippen molar-refractivity contribution in [1.82, 2.24) is 48.2 Å². The number of benzene rings is 5. The summed E-state index contributed by atoms with van der Waals surface area (Å²) in [6.45, 7) is 9.83. The van der Waals surface area contributed by atoms with E-state index in [4.69, 9.17) is 11.6 Å². The third-order valence-electron chi connectivity index (χ3n) is 17.4. The molecule has 3 aliphatic heterocycles. The minimum absolute atomic E-state index is 0.0758. The smallest absolute Gasteiger partial charge is 0.274 e. The Bertz CT molecular complexity index is 4520. The predicted octanol–water partition coefficient (Wildman–Crippen LogP) is 7.20. The number of halogens is 3. The Hall–Kier alpha value is -10.8. The van der Waals surface area contributed by atoms with E-state index in [0.29, 0.717) is 144 Å². The van der Waals surface area contributed by atoms with E-state index in [1.165, 1.54) is 71.7 Å². The number of rotatable bonds is 12. The molecule has 0 saturated carbocycles. The third kappa shape index (κ3) is 14.6. The van der Waals surface area contributed by atoms with Crippen molar-refractivity contribution in [3.8, 4) is 18.2 Å². The molecular formula is C71H71ClF2N16O6. The van der Waals surface area contributed by atoms with E-state index in [-0.39, 0.29) is 56.9 Å². The number of anilines is 3. The Morgan fingerprint density at radius 1 is 0.510 bits per heavy atom. The molecule has 7 heterocycles. The summed E-state index contributed by atoms with van der Waals surface area (Å²) in [5.41, 5.74) is 5.77. The lowest BCUT2D eigenvalue weighted by Gasteiger charge is -2.37. The number of nitrogens with zero attached hydrogens (tertiary/aromatic N) is 16. The van der Waals surface area contributed by atoms with Gasteiger partial charge in [0.05, 0.1) is 39.8 Å². The van der Waals surface area contributed by atoms with Crippen LogP contribution >= 0.6 is 11.6 Å². The number of fused-ring (bicyclic) bond motifs is 3. The molecule has 3 saturated heterocycles. The number of likely N-dealkylation sites (N-methyl/N-ethyl adjacent to an activating group) is 2. The van der Waals surface area contributed by atoms with Crippen LogP contribution in [0.4, 0.5) is 25.8 Å². The first-order chi connectivity index (χ1) is 46.2. The monoisotopic (exact) mass is 1320 g/mol. The summed E-state index contributed by atoms with van der Waals surface area (Å²) in [5.74, 6) is -1.27. The topological polar surface area (TPSA) is 240 Å². The van der Waals surface area contributed by atoms with Crippen LogP contribution < -0.4 is 31.4 Å². The summed E-state index contributed by atoms with van der Waals surface area (Å²) in [5, 5.41) is 32.5. The highest BCUT2D eigenvalue weighted by atomic mass is 35.5. The van der Waals surface area contributed by atoms with E-state index < -0.39 is 5.82 Å². The number of nitriles is 3. The lowest BCUT2D eigenvalue weighted by Crippen LogP contribution is -2.49. The normalized spacial score (nSPS) is 14.0. The number of piperazine rings is 3. The van der Waals surface area contributed by atoms with Gasteiger partial charge >= 0.3 is 0 Å². The highest BCUT2D eigenvalue weighted by Crippen LogP contribution is 2.34. The van der Waals surface area contributed by atoms with Crippen LogP contribution in [0.1, 0.15) is 53.5 Å². The van der Waals surface area contributed by atoms with Gasteiger partial charge in [0, 0.05) is 156 Å². The number of para-hydroxylation sites is 1. The zero-order chi connectivity index (χ0) is 68.5. The number of carbonyl (C=O) groups excluding carboxylic acids is 3. The molecule has 3 amide bonds. The summed E-state index contributed by atoms with van der Waals surface area (Å²) < 4.78 is 31.2. The van der Waals surface area contributed by atoms with Gasteiger partial charge in [-0.3, -0.25) is 33.8 Å². The maximum absolute atomic E-state index is 13.4. The van der Waals surface area contributed by atoms with E-state index >= 15 is 0 Å². The fourth-order valence-electron chi connectivity index (χ4n) is 12.3. The van der Waals surface area contributed by atoms with E-state index in [0.717, 1.165) is 38.3 Å². The second kappa shape index (κ2) is 30.1. The Balaban J connectivity index is 0.000000157. The SMILES string of the molecule is CN(C)CCn1c(=O)c(C#N)c(N2CCN(C(=O)c3ccc(F)cc3)CC2)c2cc(Cl)ccc21.Cc1ccc2c(c1)c(N1CCN(C(=O)c3ccc(F)cc3)CC1)c(C#N)c(=O)n2CCN(C)C.Cn1c(=O)c(C#N)c(N2CCN(C(=O)c3cnccn3)CC2)c2ccccc21. The lowest BCUT2D eigenvalue weighted by molar-refractivity contribution is 0.0734. The number of aromatic nitrogens is 5. The van der Waals surface area contributed by atoms with Gasteiger partial charge < -0.3 is 52.9 Å². The summed E-state index contributed by atoms with van der Waals surface area (Å²) in [6.07, 6.45) is 4.48. The van der Waals surface area contributed by atoms with Crippen molar-refractivity contribution in [2.45, 2.75) is 20.0 Å². The van der Waals surface area contributed by atoms with Crippen molar-refractivity contribution in [2.75, 3.05) is 135 Å². The first-order valence-corrected chi connectivity index (χ1v) is 31.6. The van der Waals surface area contributed by atoms with E-state index in [1.807, 2.05) is 108 Å². The van der Waals surface area contributed by atoms with Crippen molar-refractivity contribution < 1.29 is 23.2 Å². The van der Waals surface area contributed by atoms with Gasteiger partial charge in [0.15, 0.2) is 0 Å². The van der Waals surface area contributed by atoms with Crippen LogP contribution in [-0.2, 0) is 20.1 Å². The zero-order valence-electron chi connectivity index (χ0n) is 54.2. The average molecular weight is 1320 g/mol. The Morgan fingerprint density at radius 2 is 0.927 bits per heavy atom. The second-order valence-electron chi connectivity index (χ2n) is 24.0. The van der Waals surface area contributed by atoms with Gasteiger partial charge in [-0.2, -0.15) is 15.8 Å². The van der Waals surface area contributed by atoms with E-state index in [9.17, 15) is 53.3 Å². The largest absolute Gasteiger partial charge is 0.366 e. The molecule has 0 radical (unpaired) electrons. The van der Waals surface area contributed by atoms with Crippen LogP contribution in [0.5, 0.6) is 0 Å². The number of amides is 3. The summed E-state index contributed by atoms with van der Waals surface area (Å²) in [6, 6.07) is 36.2. The molecule has 0 spiro atoms.